The Balaban J connectivity index is 1.25. The Morgan fingerprint density at radius 1 is 0.743 bits per heavy atom. The van der Waals surface area contributed by atoms with E-state index in [1.165, 1.54) is 27.3 Å². The minimum absolute atomic E-state index is 0.799. The lowest BCUT2D eigenvalue weighted by Gasteiger charge is -2.43. The summed E-state index contributed by atoms with van der Waals surface area (Å²) in [4.78, 5) is 0. The highest BCUT2D eigenvalue weighted by Gasteiger charge is 2.38. The largest absolute Gasteiger partial charge is 0.453 e. The van der Waals surface area contributed by atoms with Gasteiger partial charge >= 0.3 is 0 Å². The van der Waals surface area contributed by atoms with Crippen LogP contribution in [0.3, 0.4) is 0 Å². The van der Waals surface area contributed by atoms with E-state index in [9.17, 15) is 0 Å². The molecular weight excluding hydrogens is 470 g/mol. The van der Waals surface area contributed by atoms with Crippen LogP contribution < -0.4 is 15.1 Å². The predicted molar refractivity (Wildman–Crippen MR) is 147 cm³/mol. The molecule has 6 rings (SSSR count). The number of fused-ring (bicyclic) bond motifs is 4. The quantitative estimate of drug-likeness (QED) is 0.326. The molecule has 3 aliphatic rings. The highest BCUT2D eigenvalue weighted by atomic mass is 31.2. The van der Waals surface area contributed by atoms with Crippen LogP contribution in [0.15, 0.2) is 90.7 Å². The number of piperazine rings is 1. The fourth-order valence-electron chi connectivity index (χ4n) is 4.92. The molecule has 0 radical (unpaired) electrons. The zero-order valence-corrected chi connectivity index (χ0v) is 21.4. The van der Waals surface area contributed by atoms with E-state index in [0.717, 1.165) is 43.3 Å². The summed E-state index contributed by atoms with van der Waals surface area (Å²) in [5.74, 6) is 4.45. The molecule has 0 saturated carbocycles. The first-order chi connectivity index (χ1) is 17.3. The summed E-state index contributed by atoms with van der Waals surface area (Å²) in [6.45, 7) is 5.73. The van der Waals surface area contributed by atoms with Crippen molar-refractivity contribution in [2.24, 2.45) is 0 Å². The van der Waals surface area contributed by atoms with Crippen LogP contribution in [-0.2, 0) is 4.52 Å². The van der Waals surface area contributed by atoms with Gasteiger partial charge in [0.2, 0.25) is 0 Å². The van der Waals surface area contributed by atoms with Crippen LogP contribution in [0.4, 0.5) is 0 Å². The van der Waals surface area contributed by atoms with E-state index in [0.29, 0.717) is 0 Å². The van der Waals surface area contributed by atoms with Gasteiger partial charge in [-0.25, -0.2) is 9.34 Å². The van der Waals surface area contributed by atoms with Crippen molar-refractivity contribution >= 4 is 32.8 Å². The number of allylic oxidation sites excluding steroid dienone is 3. The molecule has 0 N–H and O–H groups in total. The third-order valence-corrected chi connectivity index (χ3v) is 10.7. The molecule has 174 valence electrons. The van der Waals surface area contributed by atoms with Crippen molar-refractivity contribution in [3.05, 3.63) is 96.3 Å². The molecule has 3 aromatic carbocycles. The van der Waals surface area contributed by atoms with Gasteiger partial charge < -0.3 is 9.05 Å². The van der Waals surface area contributed by atoms with E-state index in [4.69, 9.17) is 15.5 Å². The van der Waals surface area contributed by atoms with Crippen LogP contribution in [0.5, 0.6) is 5.75 Å². The smallest absolute Gasteiger partial charge is 0.197 e. The monoisotopic (exact) mass is 496 g/mol. The van der Waals surface area contributed by atoms with Gasteiger partial charge in [-0.2, -0.15) is 0 Å². The number of hydrogen-bond donors (Lipinski definition) is 0. The van der Waals surface area contributed by atoms with Gasteiger partial charge in [-0.1, -0.05) is 66.6 Å². The Morgan fingerprint density at radius 3 is 1.94 bits per heavy atom. The molecule has 3 aliphatic heterocycles. The lowest BCUT2D eigenvalue weighted by Crippen LogP contribution is -2.45. The first-order valence-corrected chi connectivity index (χ1v) is 14.3. The number of nitrogens with zero attached hydrogens (tertiary/aromatic N) is 2. The van der Waals surface area contributed by atoms with Crippen molar-refractivity contribution in [1.29, 1.82) is 0 Å². The van der Waals surface area contributed by atoms with Crippen molar-refractivity contribution in [3.8, 4) is 29.2 Å². The van der Waals surface area contributed by atoms with E-state index >= 15 is 0 Å². The fraction of sp³-hybridized carbons (Fsp3) is 0.172. The Morgan fingerprint density at radius 2 is 1.29 bits per heavy atom. The molecule has 0 bridgehead atoms. The Kier molecular flexibility index (Phi) is 6.19. The molecule has 0 aromatic heterocycles. The molecular formula is C29H26N2O2P2. The molecule has 35 heavy (non-hydrogen) atoms. The number of rotatable bonds is 2. The van der Waals surface area contributed by atoms with Crippen LogP contribution in [0, 0.1) is 12.3 Å². The average Bonchev–Trinajstić information content (AvgIpc) is 2.92. The minimum atomic E-state index is -0.952. The summed E-state index contributed by atoms with van der Waals surface area (Å²) in [7, 11) is -1.83. The summed E-state index contributed by atoms with van der Waals surface area (Å²) in [5.41, 5.74) is 4.77. The van der Waals surface area contributed by atoms with Gasteiger partial charge in [-0.05, 0) is 36.2 Å². The summed E-state index contributed by atoms with van der Waals surface area (Å²) in [5, 5.41) is 2.56. The van der Waals surface area contributed by atoms with Crippen LogP contribution >= 0.6 is 16.6 Å². The molecule has 2 unspecified atom stereocenters. The van der Waals surface area contributed by atoms with Gasteiger partial charge in [0.05, 0.1) is 0 Å². The molecule has 6 heteroatoms. The molecule has 0 amide bonds. The second-order valence-corrected chi connectivity index (χ2v) is 12.1. The molecule has 3 heterocycles. The van der Waals surface area contributed by atoms with Crippen molar-refractivity contribution in [2.75, 3.05) is 26.2 Å². The maximum absolute atomic E-state index is 6.62. The van der Waals surface area contributed by atoms with Crippen molar-refractivity contribution in [3.63, 3.8) is 0 Å². The molecule has 2 atom stereocenters. The number of benzene rings is 3. The maximum Gasteiger partial charge on any atom is 0.197 e. The lowest BCUT2D eigenvalue weighted by atomic mass is 10.0. The van der Waals surface area contributed by atoms with Gasteiger partial charge in [-0.15, -0.1) is 6.42 Å². The van der Waals surface area contributed by atoms with E-state index < -0.39 is 16.6 Å². The summed E-state index contributed by atoms with van der Waals surface area (Å²) in [6.07, 6.45) is 9.48. The molecule has 4 nitrogen and oxygen atoms in total. The second-order valence-electron chi connectivity index (χ2n) is 8.54. The van der Waals surface area contributed by atoms with Gasteiger partial charge in [0.15, 0.2) is 16.6 Å². The fourth-order valence-corrected chi connectivity index (χ4v) is 8.95. The lowest BCUT2D eigenvalue weighted by molar-refractivity contribution is 0.267. The van der Waals surface area contributed by atoms with Crippen LogP contribution in [0.25, 0.3) is 16.7 Å². The van der Waals surface area contributed by atoms with Crippen LogP contribution in [0.2, 0.25) is 0 Å². The second kappa shape index (κ2) is 9.62. The van der Waals surface area contributed by atoms with Crippen LogP contribution in [0.1, 0.15) is 12.5 Å². The zero-order chi connectivity index (χ0) is 23.8. The third-order valence-electron chi connectivity index (χ3n) is 6.57. The number of hydrogen-bond acceptors (Lipinski definition) is 4. The Labute approximate surface area is 209 Å². The SMILES string of the molecule is C#C/C=C1/OP(N2CCN(P3Oc4ccccc4-c4ccccc43)CC2)c2ccccc2/C1=C/C. The molecule has 3 aromatic rings. The van der Waals surface area contributed by atoms with Gasteiger partial charge in [0, 0.05) is 54.0 Å². The van der Waals surface area contributed by atoms with Crippen LogP contribution in [-0.4, -0.2) is 35.5 Å². The maximum atomic E-state index is 6.62. The highest BCUT2D eigenvalue weighted by molar-refractivity contribution is 7.59. The van der Waals surface area contributed by atoms with E-state index in [2.05, 4.69) is 94.1 Å². The normalized spacial score (nSPS) is 24.0. The van der Waals surface area contributed by atoms with Gasteiger partial charge in [0.25, 0.3) is 0 Å². The van der Waals surface area contributed by atoms with Gasteiger partial charge in [0.1, 0.15) is 11.5 Å². The first-order valence-electron chi connectivity index (χ1n) is 11.8. The highest BCUT2D eigenvalue weighted by Crippen LogP contribution is 2.54. The summed E-state index contributed by atoms with van der Waals surface area (Å²) >= 11 is 0. The molecule has 0 aliphatic carbocycles. The third kappa shape index (κ3) is 4.00. The predicted octanol–water partition coefficient (Wildman–Crippen LogP) is 5.89. The number of para-hydroxylation sites is 1. The zero-order valence-electron chi connectivity index (χ0n) is 19.6. The van der Waals surface area contributed by atoms with E-state index in [1.807, 2.05) is 6.92 Å². The van der Waals surface area contributed by atoms with Crippen molar-refractivity contribution < 1.29 is 9.05 Å². The summed E-state index contributed by atoms with van der Waals surface area (Å²) in [6, 6.07) is 25.6. The Hall–Kier alpha value is -2.92. The molecule has 0 spiro atoms. The molecule has 1 fully saturated rings. The van der Waals surface area contributed by atoms with Gasteiger partial charge in [-0.3, -0.25) is 0 Å². The Bertz CT molecular complexity index is 1370. The van der Waals surface area contributed by atoms with Crippen molar-refractivity contribution in [1.82, 2.24) is 9.34 Å². The van der Waals surface area contributed by atoms with E-state index in [-0.39, 0.29) is 0 Å². The summed E-state index contributed by atoms with van der Waals surface area (Å²) < 4.78 is 18.2. The average molecular weight is 496 g/mol. The van der Waals surface area contributed by atoms with Crippen molar-refractivity contribution in [2.45, 2.75) is 6.92 Å². The van der Waals surface area contributed by atoms with E-state index in [1.54, 1.807) is 6.08 Å². The standard InChI is InChI=1S/C29H26N2O2P2/c1-3-11-26-22(4-2)24-13-6-9-16-28(24)34(32-26)30-18-20-31(21-19-30)35-29-17-10-7-14-25(29)23-12-5-8-15-27(23)33-35/h1,4-17H,18-21H2,2H3/b22-4-,26-11+. The minimum Gasteiger partial charge on any atom is -0.453 e. The first kappa shape index (κ1) is 22.5. The molecule has 1 saturated heterocycles. The topological polar surface area (TPSA) is 24.9 Å². The number of terminal acetylenes is 1.